The Labute approximate surface area is 118 Å². The van der Waals surface area contributed by atoms with E-state index in [4.69, 9.17) is 15.2 Å². The second-order valence-electron chi connectivity index (χ2n) is 5.29. The van der Waals surface area contributed by atoms with Gasteiger partial charge in [-0.05, 0) is 30.4 Å². The minimum Gasteiger partial charge on any atom is -0.486 e. The van der Waals surface area contributed by atoms with Gasteiger partial charge in [-0.1, -0.05) is 13.8 Å². The van der Waals surface area contributed by atoms with Crippen LogP contribution in [-0.4, -0.2) is 30.5 Å². The fourth-order valence-electron chi connectivity index (χ4n) is 2.39. The Morgan fingerprint density at radius 3 is 2.50 bits per heavy atom. The molecule has 1 aromatic rings. The summed E-state index contributed by atoms with van der Waals surface area (Å²) in [7, 11) is 0. The van der Waals surface area contributed by atoms with E-state index in [1.54, 1.807) is 6.07 Å². The number of nitrogens with two attached hydrogens (primary N) is 1. The quantitative estimate of drug-likeness (QED) is 0.869. The van der Waals surface area contributed by atoms with Gasteiger partial charge in [-0.2, -0.15) is 0 Å². The molecule has 0 aromatic heterocycles. The fraction of sp³-hybridized carbons (Fsp3) is 0.600. The first kappa shape index (κ1) is 15.1. The Hall–Kier alpha value is -1.33. The molecule has 0 spiro atoms. The van der Waals surface area contributed by atoms with Crippen molar-refractivity contribution >= 4 is 0 Å². The van der Waals surface area contributed by atoms with E-state index in [9.17, 15) is 9.50 Å². The van der Waals surface area contributed by atoms with E-state index in [1.807, 2.05) is 13.8 Å². The monoisotopic (exact) mass is 283 g/mol. The van der Waals surface area contributed by atoms with Gasteiger partial charge >= 0.3 is 0 Å². The number of hydrogen-bond donors (Lipinski definition) is 2. The van der Waals surface area contributed by atoms with E-state index in [-0.39, 0.29) is 17.8 Å². The Morgan fingerprint density at radius 2 is 1.90 bits per heavy atom. The number of halogens is 1. The molecular formula is C15H22FNO3. The first-order valence-corrected chi connectivity index (χ1v) is 7.05. The van der Waals surface area contributed by atoms with Crippen molar-refractivity contribution in [3.05, 3.63) is 23.5 Å². The third-order valence-corrected chi connectivity index (χ3v) is 3.75. The molecule has 1 aliphatic heterocycles. The summed E-state index contributed by atoms with van der Waals surface area (Å²) in [6.07, 6.45) is 0.478. The van der Waals surface area contributed by atoms with Crippen LogP contribution in [0.5, 0.6) is 11.5 Å². The average Bonchev–Trinajstić information content (AvgIpc) is 2.45. The Morgan fingerprint density at radius 1 is 1.30 bits per heavy atom. The molecule has 0 amide bonds. The van der Waals surface area contributed by atoms with Gasteiger partial charge in [0, 0.05) is 12.1 Å². The van der Waals surface area contributed by atoms with Crippen molar-refractivity contribution < 1.29 is 19.0 Å². The van der Waals surface area contributed by atoms with Crippen LogP contribution in [0.4, 0.5) is 4.39 Å². The highest BCUT2D eigenvalue weighted by Gasteiger charge is 2.22. The molecule has 4 nitrogen and oxygen atoms in total. The average molecular weight is 283 g/mol. The summed E-state index contributed by atoms with van der Waals surface area (Å²) in [5, 5.41) is 9.98. The molecule has 2 rings (SSSR count). The summed E-state index contributed by atoms with van der Waals surface area (Å²) in [6.45, 7) is 4.70. The number of fused-ring (bicyclic) bond motifs is 1. The minimum atomic E-state index is -0.636. The highest BCUT2D eigenvalue weighted by atomic mass is 19.1. The number of benzene rings is 1. The summed E-state index contributed by atoms with van der Waals surface area (Å²) in [6, 6.07) is 2.74. The lowest BCUT2D eigenvalue weighted by Gasteiger charge is -2.24. The van der Waals surface area contributed by atoms with Gasteiger partial charge in [0.1, 0.15) is 19.0 Å². The number of hydrogen-bond acceptors (Lipinski definition) is 4. The van der Waals surface area contributed by atoms with E-state index in [0.29, 0.717) is 43.1 Å². The summed E-state index contributed by atoms with van der Waals surface area (Å²) < 4.78 is 24.9. The normalized spacial score (nSPS) is 18.4. The Bertz CT molecular complexity index is 467. The fourth-order valence-corrected chi connectivity index (χ4v) is 2.39. The van der Waals surface area contributed by atoms with Crippen molar-refractivity contribution in [3.8, 4) is 11.5 Å². The molecule has 0 bridgehead atoms. The molecule has 0 fully saturated rings. The lowest BCUT2D eigenvalue weighted by molar-refractivity contribution is 0.125. The van der Waals surface area contributed by atoms with Crippen LogP contribution in [0.1, 0.15) is 38.2 Å². The molecular weight excluding hydrogens is 261 g/mol. The van der Waals surface area contributed by atoms with E-state index in [2.05, 4.69) is 0 Å². The molecule has 3 atom stereocenters. The predicted molar refractivity (Wildman–Crippen MR) is 74.7 cm³/mol. The maximum absolute atomic E-state index is 14.1. The van der Waals surface area contributed by atoms with Crippen LogP contribution in [-0.2, 0) is 0 Å². The smallest absolute Gasteiger partial charge is 0.164 e. The lowest BCUT2D eigenvalue weighted by Crippen LogP contribution is -2.34. The third kappa shape index (κ3) is 3.22. The number of rotatable bonds is 5. The first-order chi connectivity index (χ1) is 9.52. The van der Waals surface area contributed by atoms with Gasteiger partial charge in [0.2, 0.25) is 0 Å². The zero-order valence-corrected chi connectivity index (χ0v) is 11.9. The van der Waals surface area contributed by atoms with Gasteiger partial charge in [-0.25, -0.2) is 4.39 Å². The van der Waals surface area contributed by atoms with Crippen molar-refractivity contribution in [3.63, 3.8) is 0 Å². The van der Waals surface area contributed by atoms with E-state index >= 15 is 0 Å². The molecule has 0 aliphatic carbocycles. The second kappa shape index (κ2) is 6.41. The predicted octanol–water partition coefficient (Wildman–Crippen LogP) is 2.19. The molecule has 0 saturated carbocycles. The Kier molecular flexibility index (Phi) is 4.83. The summed E-state index contributed by atoms with van der Waals surface area (Å²) >= 11 is 0. The van der Waals surface area contributed by atoms with Crippen LogP contribution in [0.2, 0.25) is 0 Å². The van der Waals surface area contributed by atoms with Crippen molar-refractivity contribution in [1.82, 2.24) is 0 Å². The summed E-state index contributed by atoms with van der Waals surface area (Å²) in [5.41, 5.74) is 6.33. The van der Waals surface area contributed by atoms with Crippen LogP contribution in [0, 0.1) is 5.82 Å². The molecule has 5 heteroatoms. The molecule has 0 radical (unpaired) electrons. The van der Waals surface area contributed by atoms with Crippen LogP contribution in [0.15, 0.2) is 12.1 Å². The van der Waals surface area contributed by atoms with Crippen molar-refractivity contribution in [1.29, 1.82) is 0 Å². The van der Waals surface area contributed by atoms with Gasteiger partial charge in [0.25, 0.3) is 0 Å². The highest BCUT2D eigenvalue weighted by molar-refractivity contribution is 5.45. The van der Waals surface area contributed by atoms with Crippen LogP contribution >= 0.6 is 0 Å². The highest BCUT2D eigenvalue weighted by Crippen LogP contribution is 2.36. The SMILES string of the molecule is CCC(N)C(O)CC(C)c1cc2c(cc1F)OCCO2. The summed E-state index contributed by atoms with van der Waals surface area (Å²) in [4.78, 5) is 0. The largest absolute Gasteiger partial charge is 0.486 e. The van der Waals surface area contributed by atoms with Crippen molar-refractivity contribution in [2.75, 3.05) is 13.2 Å². The van der Waals surface area contributed by atoms with E-state index in [0.717, 1.165) is 0 Å². The van der Waals surface area contributed by atoms with Gasteiger partial charge in [0.15, 0.2) is 11.5 Å². The molecule has 1 aliphatic rings. The molecule has 1 heterocycles. The van der Waals surface area contributed by atoms with Crippen molar-refractivity contribution in [2.45, 2.75) is 44.8 Å². The maximum Gasteiger partial charge on any atom is 0.164 e. The first-order valence-electron chi connectivity index (χ1n) is 7.05. The third-order valence-electron chi connectivity index (χ3n) is 3.75. The van der Waals surface area contributed by atoms with Crippen LogP contribution < -0.4 is 15.2 Å². The van der Waals surface area contributed by atoms with Crippen LogP contribution in [0.3, 0.4) is 0 Å². The topological polar surface area (TPSA) is 64.7 Å². The zero-order chi connectivity index (χ0) is 14.7. The molecule has 3 N–H and O–H groups in total. The van der Waals surface area contributed by atoms with Gasteiger partial charge in [0.05, 0.1) is 6.10 Å². The zero-order valence-electron chi connectivity index (χ0n) is 11.9. The van der Waals surface area contributed by atoms with E-state index < -0.39 is 6.10 Å². The van der Waals surface area contributed by atoms with Crippen molar-refractivity contribution in [2.24, 2.45) is 5.73 Å². The number of aliphatic hydroxyl groups is 1. The molecule has 112 valence electrons. The minimum absolute atomic E-state index is 0.140. The molecule has 1 aromatic carbocycles. The molecule has 3 unspecified atom stereocenters. The standard InChI is InChI=1S/C15H22FNO3/c1-3-12(17)13(18)6-9(2)10-7-14-15(8-11(10)16)20-5-4-19-14/h7-9,12-13,18H,3-6,17H2,1-2H3. The van der Waals surface area contributed by atoms with E-state index in [1.165, 1.54) is 6.07 Å². The summed E-state index contributed by atoms with van der Waals surface area (Å²) in [5.74, 6) is 0.529. The molecule has 0 saturated heterocycles. The second-order valence-corrected chi connectivity index (χ2v) is 5.29. The number of ether oxygens (including phenoxy) is 2. The van der Waals surface area contributed by atoms with Gasteiger partial charge in [-0.3, -0.25) is 0 Å². The van der Waals surface area contributed by atoms with Gasteiger partial charge in [-0.15, -0.1) is 0 Å². The molecule has 20 heavy (non-hydrogen) atoms. The maximum atomic E-state index is 14.1. The lowest BCUT2D eigenvalue weighted by atomic mass is 9.91. The van der Waals surface area contributed by atoms with Crippen LogP contribution in [0.25, 0.3) is 0 Å². The Balaban J connectivity index is 2.15. The van der Waals surface area contributed by atoms with Gasteiger partial charge < -0.3 is 20.3 Å². The number of aliphatic hydroxyl groups excluding tert-OH is 1.